The molecule has 0 aliphatic carbocycles. The molecule has 0 aromatic heterocycles. The molecule has 0 amide bonds. The van der Waals surface area contributed by atoms with Crippen LogP contribution in [-0.4, -0.2) is 62.8 Å². The van der Waals surface area contributed by atoms with Crippen molar-refractivity contribution in [3.05, 3.63) is 25.3 Å². The highest BCUT2D eigenvalue weighted by molar-refractivity contribution is 5.79. The third-order valence-electron chi connectivity index (χ3n) is 3.90. The predicted molar refractivity (Wildman–Crippen MR) is 101 cm³/mol. The molecule has 2 N–H and O–H groups in total. The lowest BCUT2D eigenvalue weighted by atomic mass is 10.0. The molecule has 134 valence electrons. The summed E-state index contributed by atoms with van der Waals surface area (Å²) in [6.45, 7) is 19.5. The molecule has 0 aliphatic rings. The molecular formula is C18H36N4O. The number of methoxy groups -OCH3 is 1. The zero-order chi connectivity index (χ0) is 17.9. The highest BCUT2D eigenvalue weighted by Gasteiger charge is 2.21. The van der Waals surface area contributed by atoms with E-state index in [1.165, 1.54) is 0 Å². The van der Waals surface area contributed by atoms with E-state index in [9.17, 15) is 0 Å². The molecule has 0 aromatic rings. The molecule has 1 unspecified atom stereocenters. The Hall–Kier alpha value is -1.33. The van der Waals surface area contributed by atoms with Crippen molar-refractivity contribution in [3.8, 4) is 0 Å². The van der Waals surface area contributed by atoms with E-state index in [1.54, 1.807) is 14.2 Å². The van der Waals surface area contributed by atoms with E-state index in [2.05, 4.69) is 47.5 Å². The Morgan fingerprint density at radius 1 is 1.22 bits per heavy atom. The van der Waals surface area contributed by atoms with Crippen molar-refractivity contribution in [2.45, 2.75) is 39.3 Å². The lowest BCUT2D eigenvalue weighted by molar-refractivity contribution is 0.0268. The second-order valence-corrected chi connectivity index (χ2v) is 6.61. The zero-order valence-electron chi connectivity index (χ0n) is 15.9. The second kappa shape index (κ2) is 11.2. The number of nitrogens with zero attached hydrogens (tertiary/aromatic N) is 2. The highest BCUT2D eigenvalue weighted by Crippen LogP contribution is 2.10. The van der Waals surface area contributed by atoms with E-state index < -0.39 is 0 Å². The molecule has 0 saturated heterocycles. The molecule has 0 radical (unpaired) electrons. The van der Waals surface area contributed by atoms with Gasteiger partial charge in [-0.15, -0.1) is 13.2 Å². The van der Waals surface area contributed by atoms with Gasteiger partial charge in [0, 0.05) is 46.4 Å². The smallest absolute Gasteiger partial charge is 0.191 e. The summed E-state index contributed by atoms with van der Waals surface area (Å²) in [4.78, 5) is 6.65. The van der Waals surface area contributed by atoms with Crippen LogP contribution in [0.4, 0.5) is 0 Å². The van der Waals surface area contributed by atoms with Crippen LogP contribution in [0.2, 0.25) is 0 Å². The van der Waals surface area contributed by atoms with Crippen molar-refractivity contribution < 1.29 is 4.74 Å². The number of aliphatic imine (C=N–C) groups is 1. The van der Waals surface area contributed by atoms with Gasteiger partial charge in [0.15, 0.2) is 5.96 Å². The van der Waals surface area contributed by atoms with Crippen LogP contribution in [0.3, 0.4) is 0 Å². The average molecular weight is 325 g/mol. The van der Waals surface area contributed by atoms with Crippen LogP contribution in [0.15, 0.2) is 30.3 Å². The molecule has 0 heterocycles. The molecule has 5 nitrogen and oxygen atoms in total. The Labute approximate surface area is 142 Å². The first kappa shape index (κ1) is 21.7. The molecule has 0 aliphatic heterocycles. The van der Waals surface area contributed by atoms with E-state index in [0.29, 0.717) is 18.5 Å². The van der Waals surface area contributed by atoms with Gasteiger partial charge in [-0.3, -0.25) is 9.89 Å². The SMILES string of the molecule is C=CCN(CC=C)C(CNC(=NC)NCC(C)(C)OC)C(C)C. The van der Waals surface area contributed by atoms with Crippen molar-refractivity contribution in [3.63, 3.8) is 0 Å². The third-order valence-corrected chi connectivity index (χ3v) is 3.90. The first-order chi connectivity index (χ1) is 10.8. The molecule has 0 fully saturated rings. The van der Waals surface area contributed by atoms with Crippen LogP contribution in [0, 0.1) is 5.92 Å². The van der Waals surface area contributed by atoms with Crippen LogP contribution in [-0.2, 0) is 4.74 Å². The Morgan fingerprint density at radius 3 is 2.17 bits per heavy atom. The average Bonchev–Trinajstić information content (AvgIpc) is 2.50. The Kier molecular flexibility index (Phi) is 10.6. The summed E-state index contributed by atoms with van der Waals surface area (Å²) in [5.41, 5.74) is -0.229. The minimum Gasteiger partial charge on any atom is -0.377 e. The van der Waals surface area contributed by atoms with E-state index >= 15 is 0 Å². The zero-order valence-corrected chi connectivity index (χ0v) is 15.9. The molecule has 5 heteroatoms. The first-order valence-electron chi connectivity index (χ1n) is 8.26. The van der Waals surface area contributed by atoms with Gasteiger partial charge in [-0.05, 0) is 19.8 Å². The summed E-state index contributed by atoms with van der Waals surface area (Å²) in [6.07, 6.45) is 3.88. The standard InChI is InChI=1S/C18H36N4O/c1-9-11-22(12-10-2)16(15(3)4)13-20-17(19-7)21-14-18(5,6)23-8/h9-10,15-16H,1-2,11-14H2,3-8H3,(H2,19,20,21). The van der Waals surface area contributed by atoms with Crippen LogP contribution < -0.4 is 10.6 Å². The van der Waals surface area contributed by atoms with E-state index in [4.69, 9.17) is 4.74 Å². The lowest BCUT2D eigenvalue weighted by Gasteiger charge is -2.33. The van der Waals surface area contributed by atoms with E-state index in [1.807, 2.05) is 26.0 Å². The van der Waals surface area contributed by atoms with Crippen LogP contribution in [0.5, 0.6) is 0 Å². The summed E-state index contributed by atoms with van der Waals surface area (Å²) in [6, 6.07) is 0.375. The molecular weight excluding hydrogens is 288 g/mol. The first-order valence-corrected chi connectivity index (χ1v) is 8.26. The van der Waals surface area contributed by atoms with Crippen molar-refractivity contribution in [1.29, 1.82) is 0 Å². The van der Waals surface area contributed by atoms with Crippen LogP contribution in [0.1, 0.15) is 27.7 Å². The van der Waals surface area contributed by atoms with Gasteiger partial charge in [0.2, 0.25) is 0 Å². The van der Waals surface area contributed by atoms with Gasteiger partial charge in [0.25, 0.3) is 0 Å². The Bertz CT molecular complexity index is 367. The normalized spacial score (nSPS) is 14.0. The topological polar surface area (TPSA) is 48.9 Å². The fourth-order valence-electron chi connectivity index (χ4n) is 2.25. The molecule has 0 aromatic carbocycles. The van der Waals surface area contributed by atoms with E-state index in [-0.39, 0.29) is 5.60 Å². The van der Waals surface area contributed by atoms with Gasteiger partial charge < -0.3 is 15.4 Å². The largest absolute Gasteiger partial charge is 0.377 e. The lowest BCUT2D eigenvalue weighted by Crippen LogP contribution is -2.51. The fourth-order valence-corrected chi connectivity index (χ4v) is 2.25. The summed E-state index contributed by atoms with van der Waals surface area (Å²) in [5.74, 6) is 1.30. The molecule has 0 saturated carbocycles. The Morgan fingerprint density at radius 2 is 1.78 bits per heavy atom. The fraction of sp³-hybridized carbons (Fsp3) is 0.722. The minimum absolute atomic E-state index is 0.229. The molecule has 0 spiro atoms. The van der Waals surface area contributed by atoms with Crippen LogP contribution in [0.25, 0.3) is 0 Å². The van der Waals surface area contributed by atoms with Crippen molar-refractivity contribution in [2.24, 2.45) is 10.9 Å². The van der Waals surface area contributed by atoms with Crippen molar-refractivity contribution in [2.75, 3.05) is 40.3 Å². The maximum absolute atomic E-state index is 5.42. The van der Waals surface area contributed by atoms with Crippen LogP contribution >= 0.6 is 0 Å². The maximum atomic E-state index is 5.42. The molecule has 0 rings (SSSR count). The van der Waals surface area contributed by atoms with Gasteiger partial charge in [-0.25, -0.2) is 0 Å². The number of nitrogens with one attached hydrogen (secondary N) is 2. The summed E-state index contributed by atoms with van der Waals surface area (Å²) in [5, 5.41) is 6.73. The molecule has 0 bridgehead atoms. The van der Waals surface area contributed by atoms with Crippen molar-refractivity contribution >= 4 is 5.96 Å². The second-order valence-electron chi connectivity index (χ2n) is 6.61. The number of hydrogen-bond donors (Lipinski definition) is 2. The van der Waals surface area contributed by atoms with Gasteiger partial charge >= 0.3 is 0 Å². The predicted octanol–water partition coefficient (Wildman–Crippen LogP) is 2.27. The number of ether oxygens (including phenoxy) is 1. The van der Waals surface area contributed by atoms with Gasteiger partial charge in [0.1, 0.15) is 0 Å². The quantitative estimate of drug-likeness (QED) is 0.348. The van der Waals surface area contributed by atoms with Gasteiger partial charge in [0.05, 0.1) is 5.60 Å². The van der Waals surface area contributed by atoms with Gasteiger partial charge in [-0.2, -0.15) is 0 Å². The van der Waals surface area contributed by atoms with E-state index in [0.717, 1.165) is 25.6 Å². The minimum atomic E-state index is -0.229. The molecule has 1 atom stereocenters. The summed E-state index contributed by atoms with van der Waals surface area (Å²) < 4.78 is 5.42. The maximum Gasteiger partial charge on any atom is 0.191 e. The highest BCUT2D eigenvalue weighted by atomic mass is 16.5. The number of hydrogen-bond acceptors (Lipinski definition) is 3. The summed E-state index contributed by atoms with van der Waals surface area (Å²) >= 11 is 0. The number of guanidine groups is 1. The third kappa shape index (κ3) is 8.77. The summed E-state index contributed by atoms with van der Waals surface area (Å²) in [7, 11) is 3.50. The monoisotopic (exact) mass is 324 g/mol. The molecule has 23 heavy (non-hydrogen) atoms. The number of rotatable bonds is 11. The Balaban J connectivity index is 4.69. The van der Waals surface area contributed by atoms with Gasteiger partial charge in [-0.1, -0.05) is 26.0 Å². The van der Waals surface area contributed by atoms with Crippen molar-refractivity contribution in [1.82, 2.24) is 15.5 Å².